The van der Waals surface area contributed by atoms with E-state index in [2.05, 4.69) is 10.3 Å². The molecule has 0 bridgehead atoms. The molecule has 1 N–H and O–H groups in total. The first kappa shape index (κ1) is 13.4. The van der Waals surface area contributed by atoms with Crippen molar-refractivity contribution in [3.8, 4) is 0 Å². The van der Waals surface area contributed by atoms with Crippen molar-refractivity contribution in [2.45, 2.75) is 51.0 Å². The molecule has 2 heterocycles. The van der Waals surface area contributed by atoms with E-state index >= 15 is 0 Å². The summed E-state index contributed by atoms with van der Waals surface area (Å²) < 4.78 is 0. The number of carbonyl (C=O) groups is 1. The molecule has 2 fully saturated rings. The van der Waals surface area contributed by atoms with Gasteiger partial charge < -0.3 is 10.2 Å². The molecule has 1 saturated heterocycles. The van der Waals surface area contributed by atoms with Crippen LogP contribution < -0.4 is 5.32 Å². The SMILES string of the molecule is O=C(c1ccc(NC2CCCC2)cn1)N1CCCCC1. The van der Waals surface area contributed by atoms with Gasteiger partial charge in [0.25, 0.3) is 5.91 Å². The molecule has 1 aromatic rings. The highest BCUT2D eigenvalue weighted by atomic mass is 16.2. The fourth-order valence-electron chi connectivity index (χ4n) is 3.17. The zero-order chi connectivity index (χ0) is 13.8. The van der Waals surface area contributed by atoms with E-state index in [4.69, 9.17) is 0 Å². The van der Waals surface area contributed by atoms with E-state index in [1.54, 1.807) is 6.20 Å². The highest BCUT2D eigenvalue weighted by Crippen LogP contribution is 2.22. The number of pyridine rings is 1. The van der Waals surface area contributed by atoms with Gasteiger partial charge in [-0.1, -0.05) is 12.8 Å². The highest BCUT2D eigenvalue weighted by Gasteiger charge is 2.19. The van der Waals surface area contributed by atoms with Crippen molar-refractivity contribution >= 4 is 11.6 Å². The zero-order valence-electron chi connectivity index (χ0n) is 12.0. The highest BCUT2D eigenvalue weighted by molar-refractivity contribution is 5.92. The molecular weight excluding hydrogens is 250 g/mol. The number of amides is 1. The van der Waals surface area contributed by atoms with Crippen molar-refractivity contribution in [1.29, 1.82) is 0 Å². The van der Waals surface area contributed by atoms with Crippen LogP contribution in [0.2, 0.25) is 0 Å². The van der Waals surface area contributed by atoms with Gasteiger partial charge in [-0.3, -0.25) is 4.79 Å². The Morgan fingerprint density at radius 1 is 1.10 bits per heavy atom. The van der Waals surface area contributed by atoms with E-state index in [-0.39, 0.29) is 5.91 Å². The maximum Gasteiger partial charge on any atom is 0.272 e. The van der Waals surface area contributed by atoms with Crippen LogP contribution in [-0.2, 0) is 0 Å². The number of aromatic nitrogens is 1. The van der Waals surface area contributed by atoms with Crippen LogP contribution in [0.3, 0.4) is 0 Å². The Morgan fingerprint density at radius 3 is 2.50 bits per heavy atom. The molecule has 0 unspecified atom stereocenters. The predicted molar refractivity (Wildman–Crippen MR) is 79.9 cm³/mol. The molecule has 1 aliphatic heterocycles. The van der Waals surface area contributed by atoms with Gasteiger partial charge in [0.15, 0.2) is 0 Å². The summed E-state index contributed by atoms with van der Waals surface area (Å²) in [5.41, 5.74) is 1.61. The maximum absolute atomic E-state index is 12.3. The topological polar surface area (TPSA) is 45.2 Å². The number of carbonyl (C=O) groups excluding carboxylic acids is 1. The van der Waals surface area contributed by atoms with Crippen LogP contribution in [0.25, 0.3) is 0 Å². The normalized spacial score (nSPS) is 20.1. The standard InChI is InChI=1S/C16H23N3O/c20-16(19-10-4-1-5-11-19)15-9-8-14(12-17-15)18-13-6-2-3-7-13/h8-9,12-13,18H,1-7,10-11H2. The number of hydrogen-bond donors (Lipinski definition) is 1. The molecule has 0 aromatic carbocycles. The van der Waals surface area contributed by atoms with Gasteiger partial charge in [0.2, 0.25) is 0 Å². The fourth-order valence-corrected chi connectivity index (χ4v) is 3.17. The van der Waals surface area contributed by atoms with Crippen molar-refractivity contribution in [2.24, 2.45) is 0 Å². The summed E-state index contributed by atoms with van der Waals surface area (Å²) in [5, 5.41) is 3.50. The maximum atomic E-state index is 12.3. The second kappa shape index (κ2) is 6.25. The molecule has 0 spiro atoms. The zero-order valence-corrected chi connectivity index (χ0v) is 12.0. The van der Waals surface area contributed by atoms with Gasteiger partial charge in [-0.25, -0.2) is 4.98 Å². The first-order valence-corrected chi connectivity index (χ1v) is 7.85. The Hall–Kier alpha value is -1.58. The number of hydrogen-bond acceptors (Lipinski definition) is 3. The second-order valence-corrected chi connectivity index (χ2v) is 5.91. The smallest absolute Gasteiger partial charge is 0.272 e. The van der Waals surface area contributed by atoms with Crippen LogP contribution in [0.1, 0.15) is 55.4 Å². The molecule has 108 valence electrons. The largest absolute Gasteiger partial charge is 0.381 e. The van der Waals surface area contributed by atoms with Crippen molar-refractivity contribution in [3.05, 3.63) is 24.0 Å². The molecule has 0 radical (unpaired) electrons. The number of piperidine rings is 1. The Morgan fingerprint density at radius 2 is 1.85 bits per heavy atom. The summed E-state index contributed by atoms with van der Waals surface area (Å²) in [6, 6.07) is 4.43. The molecule has 3 rings (SSSR count). The molecule has 1 aromatic heterocycles. The molecule has 2 aliphatic rings. The van der Waals surface area contributed by atoms with Gasteiger partial charge >= 0.3 is 0 Å². The number of anilines is 1. The Labute approximate surface area is 120 Å². The lowest BCUT2D eigenvalue weighted by Gasteiger charge is -2.26. The lowest BCUT2D eigenvalue weighted by Crippen LogP contribution is -2.36. The Bertz CT molecular complexity index is 445. The minimum Gasteiger partial charge on any atom is -0.381 e. The monoisotopic (exact) mass is 273 g/mol. The summed E-state index contributed by atoms with van der Waals surface area (Å²) in [5.74, 6) is 0.0807. The van der Waals surface area contributed by atoms with E-state index in [9.17, 15) is 4.79 Å². The van der Waals surface area contributed by atoms with Crippen molar-refractivity contribution in [1.82, 2.24) is 9.88 Å². The number of nitrogens with zero attached hydrogens (tertiary/aromatic N) is 2. The Kier molecular flexibility index (Phi) is 4.19. The third-order valence-corrected chi connectivity index (χ3v) is 4.35. The summed E-state index contributed by atoms with van der Waals surface area (Å²) in [7, 11) is 0. The lowest BCUT2D eigenvalue weighted by atomic mass is 10.1. The van der Waals surface area contributed by atoms with Crippen LogP contribution in [-0.4, -0.2) is 34.9 Å². The van der Waals surface area contributed by atoms with Gasteiger partial charge in [-0.15, -0.1) is 0 Å². The Balaban J connectivity index is 1.61. The molecular formula is C16H23N3O. The van der Waals surface area contributed by atoms with E-state index in [1.165, 1.54) is 32.1 Å². The molecule has 1 saturated carbocycles. The fraction of sp³-hybridized carbons (Fsp3) is 0.625. The van der Waals surface area contributed by atoms with Crippen LogP contribution in [0, 0.1) is 0 Å². The van der Waals surface area contributed by atoms with Gasteiger partial charge in [0.05, 0.1) is 11.9 Å². The summed E-state index contributed by atoms with van der Waals surface area (Å²) in [4.78, 5) is 18.6. The van der Waals surface area contributed by atoms with Crippen LogP contribution >= 0.6 is 0 Å². The summed E-state index contributed by atoms with van der Waals surface area (Å²) in [6.45, 7) is 1.76. The van der Waals surface area contributed by atoms with Gasteiger partial charge in [0.1, 0.15) is 5.69 Å². The minimum absolute atomic E-state index is 0.0807. The molecule has 20 heavy (non-hydrogen) atoms. The van der Waals surface area contributed by atoms with Gasteiger partial charge in [-0.2, -0.15) is 0 Å². The predicted octanol–water partition coefficient (Wildman–Crippen LogP) is 3.06. The van der Waals surface area contributed by atoms with Gasteiger partial charge in [-0.05, 0) is 44.2 Å². The van der Waals surface area contributed by atoms with E-state index in [1.807, 2.05) is 17.0 Å². The van der Waals surface area contributed by atoms with Crippen molar-refractivity contribution in [3.63, 3.8) is 0 Å². The molecule has 4 nitrogen and oxygen atoms in total. The second-order valence-electron chi connectivity index (χ2n) is 5.91. The first-order chi connectivity index (χ1) is 9.83. The molecule has 0 atom stereocenters. The third-order valence-electron chi connectivity index (χ3n) is 4.35. The molecule has 1 amide bonds. The van der Waals surface area contributed by atoms with Gasteiger partial charge in [0, 0.05) is 19.1 Å². The quantitative estimate of drug-likeness (QED) is 0.920. The molecule has 4 heteroatoms. The van der Waals surface area contributed by atoms with Crippen molar-refractivity contribution in [2.75, 3.05) is 18.4 Å². The third kappa shape index (κ3) is 3.11. The van der Waals surface area contributed by atoms with Crippen LogP contribution in [0.5, 0.6) is 0 Å². The first-order valence-electron chi connectivity index (χ1n) is 7.85. The van der Waals surface area contributed by atoms with Crippen molar-refractivity contribution < 1.29 is 4.79 Å². The van der Waals surface area contributed by atoms with E-state index in [0.29, 0.717) is 11.7 Å². The van der Waals surface area contributed by atoms with Crippen LogP contribution in [0.15, 0.2) is 18.3 Å². The van der Waals surface area contributed by atoms with E-state index in [0.717, 1.165) is 31.6 Å². The summed E-state index contributed by atoms with van der Waals surface area (Å²) >= 11 is 0. The average Bonchev–Trinajstić information content (AvgIpc) is 3.01. The minimum atomic E-state index is 0.0807. The number of rotatable bonds is 3. The average molecular weight is 273 g/mol. The number of likely N-dealkylation sites (tertiary alicyclic amines) is 1. The van der Waals surface area contributed by atoms with Crippen LogP contribution in [0.4, 0.5) is 5.69 Å². The molecule has 1 aliphatic carbocycles. The summed E-state index contributed by atoms with van der Waals surface area (Å²) in [6.07, 6.45) is 10.4. The lowest BCUT2D eigenvalue weighted by molar-refractivity contribution is 0.0718. The van der Waals surface area contributed by atoms with E-state index < -0.39 is 0 Å². The number of nitrogens with one attached hydrogen (secondary N) is 1.